The summed E-state index contributed by atoms with van der Waals surface area (Å²) in [6, 6.07) is 0. The Hall–Kier alpha value is -2.11. The summed E-state index contributed by atoms with van der Waals surface area (Å²) >= 11 is 0. The van der Waals surface area contributed by atoms with Crippen LogP contribution in [0.1, 0.15) is 12.0 Å². The van der Waals surface area contributed by atoms with Crippen LogP contribution in [0.3, 0.4) is 0 Å². The topological polar surface area (TPSA) is 81.2 Å². The lowest BCUT2D eigenvalue weighted by molar-refractivity contribution is -0.141. The van der Waals surface area contributed by atoms with Crippen LogP contribution >= 0.6 is 0 Å². The molecule has 0 aliphatic heterocycles. The first-order valence-electron chi connectivity index (χ1n) is 5.13. The summed E-state index contributed by atoms with van der Waals surface area (Å²) in [5.74, 6) is -0.551. The zero-order valence-electron chi connectivity index (χ0n) is 9.52. The van der Waals surface area contributed by atoms with Gasteiger partial charge in [0.15, 0.2) is 0 Å². The molecule has 1 N–H and O–H groups in total. The normalized spacial score (nSPS) is 20.4. The number of carbonyl (C=O) groups excluding carboxylic acids is 1. The molecule has 0 bridgehead atoms. The molecule has 0 radical (unpaired) electrons. The Bertz CT molecular complexity index is 609. The molecule has 1 aromatic heterocycles. The van der Waals surface area contributed by atoms with E-state index >= 15 is 0 Å². The third-order valence-corrected chi connectivity index (χ3v) is 2.66. The minimum absolute atomic E-state index is 0.251. The van der Waals surface area contributed by atoms with E-state index in [0.717, 1.165) is 5.57 Å². The molecule has 0 saturated heterocycles. The summed E-state index contributed by atoms with van der Waals surface area (Å²) in [6.45, 7) is 1.61. The standard InChI is InChI=1S/C11H12N2O4/c1-6-4-13(11(16)12-9(6)14)5-7-3-8(7)10(15)17-2/h4-5,8H,3H2,1-2H3,(H,12,14,16)/b7-5-. The largest absolute Gasteiger partial charge is 0.469 e. The van der Waals surface area contributed by atoms with Crippen molar-refractivity contribution >= 4 is 12.2 Å². The summed E-state index contributed by atoms with van der Waals surface area (Å²) in [6.07, 6.45) is 3.60. The van der Waals surface area contributed by atoms with Crippen molar-refractivity contribution in [2.45, 2.75) is 13.3 Å². The van der Waals surface area contributed by atoms with Crippen molar-refractivity contribution in [3.05, 3.63) is 38.2 Å². The molecular weight excluding hydrogens is 224 g/mol. The number of nitrogens with one attached hydrogen (secondary N) is 1. The van der Waals surface area contributed by atoms with Crippen LogP contribution in [0.4, 0.5) is 0 Å². The van der Waals surface area contributed by atoms with Gasteiger partial charge < -0.3 is 4.74 Å². The van der Waals surface area contributed by atoms with Gasteiger partial charge in [0.2, 0.25) is 0 Å². The Morgan fingerprint density at radius 3 is 2.94 bits per heavy atom. The number of nitrogens with zero attached hydrogens (tertiary/aromatic N) is 1. The first kappa shape index (κ1) is 11.4. The van der Waals surface area contributed by atoms with Crippen molar-refractivity contribution in [3.8, 4) is 0 Å². The lowest BCUT2D eigenvalue weighted by Crippen LogP contribution is -2.28. The van der Waals surface area contributed by atoms with E-state index in [0.29, 0.717) is 12.0 Å². The summed E-state index contributed by atoms with van der Waals surface area (Å²) in [4.78, 5) is 36.0. The quantitative estimate of drug-likeness (QED) is 0.726. The molecule has 17 heavy (non-hydrogen) atoms. The fraction of sp³-hybridized carbons (Fsp3) is 0.364. The SMILES string of the molecule is COC(=O)C1C/C1=C/n1cc(C)c(=O)[nH]c1=O. The van der Waals surface area contributed by atoms with Gasteiger partial charge in [-0.25, -0.2) is 4.79 Å². The second-order valence-electron chi connectivity index (χ2n) is 3.96. The fourth-order valence-corrected chi connectivity index (χ4v) is 1.56. The van der Waals surface area contributed by atoms with E-state index in [2.05, 4.69) is 9.72 Å². The Morgan fingerprint density at radius 2 is 2.29 bits per heavy atom. The van der Waals surface area contributed by atoms with E-state index in [1.54, 1.807) is 13.1 Å². The van der Waals surface area contributed by atoms with Crippen molar-refractivity contribution in [1.29, 1.82) is 0 Å². The molecule has 0 spiro atoms. The number of H-pyrrole nitrogens is 1. The molecule has 6 heteroatoms. The Labute approximate surface area is 96.5 Å². The second kappa shape index (κ2) is 4.04. The van der Waals surface area contributed by atoms with E-state index in [-0.39, 0.29) is 11.9 Å². The van der Waals surface area contributed by atoms with Gasteiger partial charge in [-0.05, 0) is 18.9 Å². The van der Waals surface area contributed by atoms with Crippen molar-refractivity contribution in [1.82, 2.24) is 9.55 Å². The Balaban J connectivity index is 2.30. The van der Waals surface area contributed by atoms with E-state index in [1.807, 2.05) is 0 Å². The lowest BCUT2D eigenvalue weighted by Gasteiger charge is -1.98. The van der Waals surface area contributed by atoms with Crippen LogP contribution in [0.15, 0.2) is 21.4 Å². The van der Waals surface area contributed by atoms with Crippen LogP contribution in [-0.2, 0) is 9.53 Å². The molecule has 1 atom stereocenters. The highest BCUT2D eigenvalue weighted by molar-refractivity contribution is 5.82. The number of hydrogen-bond acceptors (Lipinski definition) is 4. The zero-order chi connectivity index (χ0) is 12.6. The monoisotopic (exact) mass is 236 g/mol. The molecule has 1 fully saturated rings. The molecule has 1 heterocycles. The minimum Gasteiger partial charge on any atom is -0.469 e. The number of aromatic nitrogens is 2. The van der Waals surface area contributed by atoms with Crippen LogP contribution in [0.2, 0.25) is 0 Å². The number of aromatic amines is 1. The third kappa shape index (κ3) is 2.20. The van der Waals surface area contributed by atoms with Crippen LogP contribution < -0.4 is 11.2 Å². The van der Waals surface area contributed by atoms with Crippen LogP contribution in [0.5, 0.6) is 0 Å². The predicted molar refractivity (Wildman–Crippen MR) is 60.5 cm³/mol. The average molecular weight is 236 g/mol. The van der Waals surface area contributed by atoms with Crippen molar-refractivity contribution < 1.29 is 9.53 Å². The van der Waals surface area contributed by atoms with Crippen molar-refractivity contribution in [3.63, 3.8) is 0 Å². The molecule has 0 amide bonds. The number of hydrogen-bond donors (Lipinski definition) is 1. The van der Waals surface area contributed by atoms with Gasteiger partial charge in [0.1, 0.15) is 0 Å². The van der Waals surface area contributed by atoms with Crippen LogP contribution in [0, 0.1) is 12.8 Å². The highest BCUT2D eigenvalue weighted by Crippen LogP contribution is 2.38. The maximum atomic E-state index is 11.4. The second-order valence-corrected chi connectivity index (χ2v) is 3.96. The third-order valence-electron chi connectivity index (χ3n) is 2.66. The van der Waals surface area contributed by atoms with Crippen LogP contribution in [0.25, 0.3) is 6.20 Å². The summed E-state index contributed by atoms with van der Waals surface area (Å²) in [7, 11) is 1.33. The molecule has 1 saturated carbocycles. The number of esters is 1. The highest BCUT2D eigenvalue weighted by Gasteiger charge is 2.37. The highest BCUT2D eigenvalue weighted by atomic mass is 16.5. The summed E-state index contributed by atoms with van der Waals surface area (Å²) in [5.41, 5.74) is 0.357. The van der Waals surface area contributed by atoms with Gasteiger partial charge in [-0.3, -0.25) is 19.1 Å². The maximum Gasteiger partial charge on any atom is 0.332 e. The number of rotatable bonds is 2. The van der Waals surface area contributed by atoms with E-state index < -0.39 is 11.2 Å². The number of aryl methyl sites for hydroxylation is 1. The van der Waals surface area contributed by atoms with Gasteiger partial charge in [0, 0.05) is 18.0 Å². The smallest absolute Gasteiger partial charge is 0.332 e. The number of carbonyl (C=O) groups is 1. The average Bonchev–Trinajstić information content (AvgIpc) is 3.04. The number of methoxy groups -OCH3 is 1. The fourth-order valence-electron chi connectivity index (χ4n) is 1.56. The molecule has 2 rings (SSSR count). The minimum atomic E-state index is -0.511. The Kier molecular flexibility index (Phi) is 2.71. The molecule has 1 aromatic rings. The van der Waals surface area contributed by atoms with E-state index in [4.69, 9.17) is 0 Å². The molecule has 90 valence electrons. The van der Waals surface area contributed by atoms with Crippen LogP contribution in [-0.4, -0.2) is 22.6 Å². The Morgan fingerprint density at radius 1 is 1.59 bits per heavy atom. The van der Waals surface area contributed by atoms with Gasteiger partial charge in [-0.2, -0.15) is 0 Å². The lowest BCUT2D eigenvalue weighted by atomic mass is 10.4. The maximum absolute atomic E-state index is 11.4. The van der Waals surface area contributed by atoms with Gasteiger partial charge in [-0.15, -0.1) is 0 Å². The summed E-state index contributed by atoms with van der Waals surface area (Å²) in [5, 5.41) is 0. The molecule has 1 aliphatic carbocycles. The molecule has 1 unspecified atom stereocenters. The van der Waals surface area contributed by atoms with Crippen molar-refractivity contribution in [2.24, 2.45) is 5.92 Å². The van der Waals surface area contributed by atoms with Gasteiger partial charge in [0.05, 0.1) is 13.0 Å². The van der Waals surface area contributed by atoms with E-state index in [1.165, 1.54) is 17.9 Å². The first-order valence-corrected chi connectivity index (χ1v) is 5.13. The molecular formula is C11H12N2O4. The van der Waals surface area contributed by atoms with Gasteiger partial charge in [0.25, 0.3) is 5.56 Å². The van der Waals surface area contributed by atoms with E-state index in [9.17, 15) is 14.4 Å². The zero-order valence-corrected chi connectivity index (χ0v) is 9.52. The summed E-state index contributed by atoms with van der Waals surface area (Å²) < 4.78 is 5.86. The molecule has 6 nitrogen and oxygen atoms in total. The molecule has 1 aliphatic rings. The molecule has 0 aromatic carbocycles. The number of ether oxygens (including phenoxy) is 1. The van der Waals surface area contributed by atoms with Gasteiger partial charge in [-0.1, -0.05) is 0 Å². The van der Waals surface area contributed by atoms with Gasteiger partial charge >= 0.3 is 11.7 Å². The van der Waals surface area contributed by atoms with Crippen molar-refractivity contribution in [2.75, 3.05) is 7.11 Å². The predicted octanol–water partition coefficient (Wildman–Crippen LogP) is -0.121. The first-order chi connectivity index (χ1) is 8.02.